The van der Waals surface area contributed by atoms with E-state index in [1.807, 2.05) is 36.4 Å². The Morgan fingerprint density at radius 3 is 2.28 bits per heavy atom. The van der Waals surface area contributed by atoms with Crippen LogP contribution >= 0.6 is 0 Å². The molecular weight excluding hydrogens is 384 g/mol. The number of amides is 1. The smallest absolute Gasteiger partial charge is 0.240 e. The lowest BCUT2D eigenvalue weighted by Gasteiger charge is -2.17. The largest absolute Gasteiger partial charge is 0.341 e. The van der Waals surface area contributed by atoms with Crippen LogP contribution in [0, 0.1) is 0 Å². The first kappa shape index (κ1) is 21.0. The zero-order valence-corrected chi connectivity index (χ0v) is 17.6. The number of sulfonamides is 1. The van der Waals surface area contributed by atoms with Crippen LogP contribution in [0.5, 0.6) is 0 Å². The van der Waals surface area contributed by atoms with Gasteiger partial charge < -0.3 is 4.90 Å². The van der Waals surface area contributed by atoms with Crippen molar-refractivity contribution in [3.63, 3.8) is 0 Å². The molecule has 0 radical (unpaired) electrons. The maximum atomic E-state index is 12.5. The van der Waals surface area contributed by atoms with E-state index in [9.17, 15) is 13.2 Å². The van der Waals surface area contributed by atoms with Gasteiger partial charge in [-0.1, -0.05) is 61.5 Å². The van der Waals surface area contributed by atoms with E-state index in [-0.39, 0.29) is 23.8 Å². The molecule has 0 aromatic heterocycles. The quantitative estimate of drug-likeness (QED) is 0.615. The molecule has 5 nitrogen and oxygen atoms in total. The molecule has 152 valence electrons. The van der Waals surface area contributed by atoms with E-state index in [2.05, 4.69) is 23.8 Å². The molecule has 0 bridgehead atoms. The Hall–Kier alpha value is -2.70. The molecule has 0 saturated heterocycles. The number of benzene rings is 3. The van der Waals surface area contributed by atoms with Crippen LogP contribution in [0.2, 0.25) is 0 Å². The van der Waals surface area contributed by atoms with Crippen molar-refractivity contribution in [1.82, 2.24) is 9.62 Å². The summed E-state index contributed by atoms with van der Waals surface area (Å²) in [5.74, 6) is -0.106. The Bertz CT molecular complexity index is 1090. The molecule has 0 atom stereocenters. The molecule has 0 aliphatic heterocycles. The van der Waals surface area contributed by atoms with Crippen molar-refractivity contribution in [3.05, 3.63) is 77.9 Å². The summed E-state index contributed by atoms with van der Waals surface area (Å²) in [4.78, 5) is 14.2. The van der Waals surface area contributed by atoms with Gasteiger partial charge in [-0.15, -0.1) is 0 Å². The van der Waals surface area contributed by atoms with Gasteiger partial charge in [0, 0.05) is 26.6 Å². The van der Waals surface area contributed by atoms with Gasteiger partial charge >= 0.3 is 0 Å². The Morgan fingerprint density at radius 2 is 1.59 bits per heavy atom. The Morgan fingerprint density at radius 1 is 0.931 bits per heavy atom. The van der Waals surface area contributed by atoms with Crippen molar-refractivity contribution >= 4 is 26.7 Å². The van der Waals surface area contributed by atoms with Gasteiger partial charge in [-0.2, -0.15) is 0 Å². The van der Waals surface area contributed by atoms with E-state index in [0.717, 1.165) is 22.8 Å². The summed E-state index contributed by atoms with van der Waals surface area (Å²) in [5.41, 5.74) is 2.31. The molecule has 3 aromatic rings. The average molecular weight is 411 g/mol. The predicted molar refractivity (Wildman–Crippen MR) is 116 cm³/mol. The van der Waals surface area contributed by atoms with Crippen molar-refractivity contribution in [3.8, 4) is 0 Å². The molecule has 3 aromatic carbocycles. The third-order valence-corrected chi connectivity index (χ3v) is 6.40. The minimum absolute atomic E-state index is 0.0626. The van der Waals surface area contributed by atoms with E-state index in [1.54, 1.807) is 30.1 Å². The third kappa shape index (κ3) is 5.43. The van der Waals surface area contributed by atoms with Crippen molar-refractivity contribution in [2.45, 2.75) is 31.2 Å². The number of hydrogen-bond acceptors (Lipinski definition) is 3. The molecule has 1 amide bonds. The van der Waals surface area contributed by atoms with Gasteiger partial charge in [0.1, 0.15) is 0 Å². The van der Waals surface area contributed by atoms with E-state index >= 15 is 0 Å². The summed E-state index contributed by atoms with van der Waals surface area (Å²) in [5, 5.41) is 1.84. The molecule has 0 fully saturated rings. The van der Waals surface area contributed by atoms with Crippen LogP contribution in [0.15, 0.2) is 71.6 Å². The maximum Gasteiger partial charge on any atom is 0.240 e. The van der Waals surface area contributed by atoms with Crippen LogP contribution in [0.3, 0.4) is 0 Å². The first-order chi connectivity index (χ1) is 13.9. The SMILES string of the molecule is CCc1ccc(CN(C)C(=O)CCNS(=O)(=O)c2ccc3ccccc3c2)cc1. The highest BCUT2D eigenvalue weighted by Gasteiger charge is 2.16. The van der Waals surface area contributed by atoms with E-state index in [1.165, 1.54) is 5.56 Å². The van der Waals surface area contributed by atoms with Crippen molar-refractivity contribution in [2.24, 2.45) is 0 Å². The Labute approximate surface area is 172 Å². The minimum atomic E-state index is -3.66. The zero-order chi connectivity index (χ0) is 20.9. The fraction of sp³-hybridized carbons (Fsp3) is 0.261. The number of carbonyl (C=O) groups is 1. The normalized spacial score (nSPS) is 11.5. The van der Waals surface area contributed by atoms with Gasteiger partial charge in [-0.25, -0.2) is 13.1 Å². The van der Waals surface area contributed by atoms with Crippen LogP contribution in [0.25, 0.3) is 10.8 Å². The number of aryl methyl sites for hydroxylation is 1. The van der Waals surface area contributed by atoms with Crippen molar-refractivity contribution < 1.29 is 13.2 Å². The summed E-state index contributed by atoms with van der Waals surface area (Å²) in [6, 6.07) is 20.8. The highest BCUT2D eigenvalue weighted by Crippen LogP contribution is 2.18. The molecular formula is C23H26N2O3S. The molecule has 0 heterocycles. The van der Waals surface area contributed by atoms with Crippen molar-refractivity contribution in [1.29, 1.82) is 0 Å². The molecule has 0 unspecified atom stereocenters. The molecule has 1 N–H and O–H groups in total. The van der Waals surface area contributed by atoms with Crippen LogP contribution < -0.4 is 4.72 Å². The highest BCUT2D eigenvalue weighted by molar-refractivity contribution is 7.89. The van der Waals surface area contributed by atoms with Gasteiger partial charge in [0.15, 0.2) is 0 Å². The van der Waals surface area contributed by atoms with Crippen LogP contribution in [0.1, 0.15) is 24.5 Å². The maximum absolute atomic E-state index is 12.5. The second kappa shape index (κ2) is 9.20. The monoisotopic (exact) mass is 410 g/mol. The van der Waals surface area contributed by atoms with Gasteiger partial charge in [0.2, 0.25) is 15.9 Å². The molecule has 0 aliphatic carbocycles. The van der Waals surface area contributed by atoms with Crippen LogP contribution in [-0.2, 0) is 27.8 Å². The first-order valence-electron chi connectivity index (χ1n) is 9.69. The van der Waals surface area contributed by atoms with Crippen LogP contribution in [-0.4, -0.2) is 32.8 Å². The summed E-state index contributed by atoms with van der Waals surface area (Å²) in [7, 11) is -1.93. The highest BCUT2D eigenvalue weighted by atomic mass is 32.2. The number of fused-ring (bicyclic) bond motifs is 1. The van der Waals surface area contributed by atoms with Gasteiger partial charge in [0.25, 0.3) is 0 Å². The fourth-order valence-corrected chi connectivity index (χ4v) is 4.21. The second-order valence-electron chi connectivity index (χ2n) is 7.08. The van der Waals surface area contributed by atoms with Gasteiger partial charge in [0.05, 0.1) is 4.90 Å². The summed E-state index contributed by atoms with van der Waals surface area (Å²) in [6.07, 6.45) is 1.09. The molecule has 29 heavy (non-hydrogen) atoms. The molecule has 3 rings (SSSR count). The standard InChI is InChI=1S/C23H26N2O3S/c1-3-18-8-10-19(11-9-18)17-25(2)23(26)14-15-24-29(27,28)22-13-12-20-6-4-5-7-21(20)16-22/h4-13,16,24H,3,14-15,17H2,1-2H3. The van der Waals surface area contributed by atoms with E-state index < -0.39 is 10.0 Å². The number of nitrogens with one attached hydrogen (secondary N) is 1. The first-order valence-corrected chi connectivity index (χ1v) is 11.2. The summed E-state index contributed by atoms with van der Waals surface area (Å²) < 4.78 is 27.6. The lowest BCUT2D eigenvalue weighted by Crippen LogP contribution is -2.31. The fourth-order valence-electron chi connectivity index (χ4n) is 3.14. The molecule has 0 aliphatic rings. The van der Waals surface area contributed by atoms with E-state index in [4.69, 9.17) is 0 Å². The second-order valence-corrected chi connectivity index (χ2v) is 8.84. The Balaban J connectivity index is 1.54. The zero-order valence-electron chi connectivity index (χ0n) is 16.8. The predicted octanol–water partition coefficient (Wildman–Crippen LogP) is 3.73. The number of carbonyl (C=O) groups excluding carboxylic acids is 1. The summed E-state index contributed by atoms with van der Waals surface area (Å²) in [6.45, 7) is 2.66. The Kier molecular flexibility index (Phi) is 6.67. The van der Waals surface area contributed by atoms with Crippen molar-refractivity contribution in [2.75, 3.05) is 13.6 Å². The summed E-state index contributed by atoms with van der Waals surface area (Å²) >= 11 is 0. The lowest BCUT2D eigenvalue weighted by atomic mass is 10.1. The average Bonchev–Trinajstić information content (AvgIpc) is 2.73. The molecule has 0 spiro atoms. The number of rotatable bonds is 8. The van der Waals surface area contributed by atoms with E-state index in [0.29, 0.717) is 6.54 Å². The number of nitrogens with zero attached hydrogens (tertiary/aromatic N) is 1. The topological polar surface area (TPSA) is 66.5 Å². The third-order valence-electron chi connectivity index (χ3n) is 4.94. The molecule has 0 saturated carbocycles. The minimum Gasteiger partial charge on any atom is -0.341 e. The number of hydrogen-bond donors (Lipinski definition) is 1. The van der Waals surface area contributed by atoms with Gasteiger partial charge in [-0.3, -0.25) is 4.79 Å². The van der Waals surface area contributed by atoms with Gasteiger partial charge in [-0.05, 0) is 40.5 Å². The lowest BCUT2D eigenvalue weighted by molar-refractivity contribution is -0.130. The van der Waals surface area contributed by atoms with Crippen LogP contribution in [0.4, 0.5) is 0 Å². The molecule has 6 heteroatoms.